The second-order valence-corrected chi connectivity index (χ2v) is 9.59. The first-order valence-electron chi connectivity index (χ1n) is 9.59. The van der Waals surface area contributed by atoms with Gasteiger partial charge in [-0.2, -0.15) is 4.31 Å². The molecule has 0 bridgehead atoms. The van der Waals surface area contributed by atoms with Crippen LogP contribution < -0.4 is 5.73 Å². The molecule has 2 aliphatic heterocycles. The predicted octanol–water partition coefficient (Wildman–Crippen LogP) is 0.101. The monoisotopic (exact) mass is 408 g/mol. The fourth-order valence-corrected chi connectivity index (χ4v) is 4.66. The molecule has 2 fully saturated rings. The highest BCUT2D eigenvalue weighted by molar-refractivity contribution is 7.88. The molecule has 2 N–H and O–H groups in total. The number of sulfonamides is 1. The number of primary amides is 1. The zero-order valence-corrected chi connectivity index (χ0v) is 17.0. The Labute approximate surface area is 166 Å². The lowest BCUT2D eigenvalue weighted by molar-refractivity contribution is -0.123. The van der Waals surface area contributed by atoms with Crippen LogP contribution in [0.5, 0.6) is 0 Å². The summed E-state index contributed by atoms with van der Waals surface area (Å²) in [4.78, 5) is 28.1. The molecule has 154 valence electrons. The van der Waals surface area contributed by atoms with Crippen molar-refractivity contribution in [1.29, 1.82) is 0 Å². The number of piperazine rings is 1. The maximum Gasteiger partial charge on any atom is 0.253 e. The number of piperidine rings is 1. The van der Waals surface area contributed by atoms with E-state index in [9.17, 15) is 18.0 Å². The Morgan fingerprint density at radius 1 is 1.07 bits per heavy atom. The summed E-state index contributed by atoms with van der Waals surface area (Å²) in [7, 11) is -3.13. The first kappa shape index (κ1) is 20.8. The molecule has 1 aromatic rings. The molecule has 0 unspecified atom stereocenters. The van der Waals surface area contributed by atoms with E-state index in [4.69, 9.17) is 5.73 Å². The third-order valence-corrected chi connectivity index (χ3v) is 6.87. The third-order valence-electron chi connectivity index (χ3n) is 5.56. The molecular weight excluding hydrogens is 380 g/mol. The van der Waals surface area contributed by atoms with Gasteiger partial charge >= 0.3 is 0 Å². The van der Waals surface area contributed by atoms with E-state index in [0.717, 1.165) is 5.56 Å². The summed E-state index contributed by atoms with van der Waals surface area (Å²) >= 11 is 0. The zero-order chi connectivity index (χ0) is 20.3. The van der Waals surface area contributed by atoms with Crippen LogP contribution in [0.2, 0.25) is 0 Å². The highest BCUT2D eigenvalue weighted by Gasteiger charge is 2.27. The van der Waals surface area contributed by atoms with Crippen molar-refractivity contribution in [2.75, 3.05) is 45.5 Å². The summed E-state index contributed by atoms with van der Waals surface area (Å²) in [5, 5.41) is 0. The van der Waals surface area contributed by atoms with Crippen molar-refractivity contribution < 1.29 is 18.0 Å². The van der Waals surface area contributed by atoms with E-state index in [2.05, 4.69) is 4.90 Å². The number of hydrogen-bond acceptors (Lipinski definition) is 5. The van der Waals surface area contributed by atoms with Crippen molar-refractivity contribution in [3.8, 4) is 0 Å². The highest BCUT2D eigenvalue weighted by atomic mass is 32.2. The molecule has 1 aromatic carbocycles. The maximum absolute atomic E-state index is 12.8. The van der Waals surface area contributed by atoms with Crippen molar-refractivity contribution >= 4 is 21.8 Å². The van der Waals surface area contributed by atoms with Crippen molar-refractivity contribution in [3.05, 3.63) is 35.4 Å². The summed E-state index contributed by atoms with van der Waals surface area (Å²) in [5.41, 5.74) is 7.03. The molecule has 0 radical (unpaired) electrons. The van der Waals surface area contributed by atoms with Crippen molar-refractivity contribution in [2.45, 2.75) is 19.4 Å². The lowest BCUT2D eigenvalue weighted by Gasteiger charge is -2.33. The molecule has 0 saturated carbocycles. The average molecular weight is 409 g/mol. The number of nitrogens with two attached hydrogens (primary N) is 1. The van der Waals surface area contributed by atoms with Gasteiger partial charge in [0.15, 0.2) is 0 Å². The number of carbonyl (C=O) groups excluding carboxylic acids is 2. The lowest BCUT2D eigenvalue weighted by atomic mass is 9.95. The fourth-order valence-electron chi connectivity index (χ4n) is 3.83. The van der Waals surface area contributed by atoms with Crippen LogP contribution >= 0.6 is 0 Å². The number of nitrogens with zero attached hydrogens (tertiary/aromatic N) is 3. The van der Waals surface area contributed by atoms with Gasteiger partial charge in [0.25, 0.3) is 5.91 Å². The summed E-state index contributed by atoms with van der Waals surface area (Å²) in [6.45, 7) is 4.10. The van der Waals surface area contributed by atoms with E-state index in [1.807, 2.05) is 24.3 Å². The van der Waals surface area contributed by atoms with Crippen LogP contribution in [0.3, 0.4) is 0 Å². The first-order valence-corrected chi connectivity index (χ1v) is 11.4. The minimum absolute atomic E-state index is 0.0216. The molecule has 9 heteroatoms. The van der Waals surface area contributed by atoms with Crippen LogP contribution in [0.25, 0.3) is 0 Å². The Hall–Kier alpha value is -1.97. The maximum atomic E-state index is 12.8. The van der Waals surface area contributed by atoms with Crippen molar-refractivity contribution in [1.82, 2.24) is 14.1 Å². The number of likely N-dealkylation sites (tertiary alicyclic amines) is 1. The molecular formula is C19H28N4O4S. The Bertz CT molecular complexity index is 826. The standard InChI is InChI=1S/C19H28N4O4S/c1-28(26,27)23-11-9-21(10-12-23)14-15-3-2-4-17(13-15)19(25)22-7-5-16(6-8-22)18(20)24/h2-4,13,16H,5-12,14H2,1H3,(H2,20,24). The Morgan fingerprint density at radius 3 is 2.29 bits per heavy atom. The minimum atomic E-state index is -3.13. The largest absolute Gasteiger partial charge is 0.369 e. The fraction of sp³-hybridized carbons (Fsp3) is 0.579. The molecule has 0 spiro atoms. The van der Waals surface area contributed by atoms with Crippen LogP contribution in [0.15, 0.2) is 24.3 Å². The number of benzene rings is 1. The van der Waals surface area contributed by atoms with Crippen LogP contribution in [-0.4, -0.2) is 79.9 Å². The molecule has 0 aromatic heterocycles. The predicted molar refractivity (Wildman–Crippen MR) is 106 cm³/mol. The van der Waals surface area contributed by atoms with Gasteiger partial charge in [-0.1, -0.05) is 12.1 Å². The van der Waals surface area contributed by atoms with Gasteiger partial charge in [0.1, 0.15) is 0 Å². The zero-order valence-electron chi connectivity index (χ0n) is 16.2. The van der Waals surface area contributed by atoms with Gasteiger partial charge in [-0.25, -0.2) is 8.42 Å². The van der Waals surface area contributed by atoms with Crippen LogP contribution in [0.1, 0.15) is 28.8 Å². The van der Waals surface area contributed by atoms with Gasteiger partial charge < -0.3 is 10.6 Å². The van der Waals surface area contributed by atoms with E-state index in [1.165, 1.54) is 10.6 Å². The minimum Gasteiger partial charge on any atom is -0.369 e. The van der Waals surface area contributed by atoms with Gasteiger partial charge in [0.2, 0.25) is 15.9 Å². The van der Waals surface area contributed by atoms with Gasteiger partial charge in [-0.3, -0.25) is 14.5 Å². The Morgan fingerprint density at radius 2 is 1.71 bits per heavy atom. The molecule has 2 aliphatic rings. The molecule has 0 atom stereocenters. The molecule has 3 rings (SSSR count). The summed E-state index contributed by atoms with van der Waals surface area (Å²) in [6, 6.07) is 7.59. The number of rotatable bonds is 5. The summed E-state index contributed by atoms with van der Waals surface area (Å²) in [5.74, 6) is -0.447. The molecule has 8 nitrogen and oxygen atoms in total. The van der Waals surface area contributed by atoms with Gasteiger partial charge in [-0.05, 0) is 30.5 Å². The highest BCUT2D eigenvalue weighted by Crippen LogP contribution is 2.20. The third kappa shape index (κ3) is 5.09. The SMILES string of the molecule is CS(=O)(=O)N1CCN(Cc2cccc(C(=O)N3CCC(C(N)=O)CC3)c2)CC1. The van der Waals surface area contributed by atoms with E-state index in [0.29, 0.717) is 64.2 Å². The van der Waals surface area contributed by atoms with E-state index in [-0.39, 0.29) is 17.7 Å². The van der Waals surface area contributed by atoms with Gasteiger partial charge in [0, 0.05) is 57.3 Å². The number of amides is 2. The quantitative estimate of drug-likeness (QED) is 0.744. The number of hydrogen-bond donors (Lipinski definition) is 1. The topological polar surface area (TPSA) is 104 Å². The number of carbonyl (C=O) groups is 2. The second kappa shape index (κ2) is 8.59. The average Bonchev–Trinajstić information content (AvgIpc) is 2.67. The Kier molecular flexibility index (Phi) is 6.36. The molecule has 28 heavy (non-hydrogen) atoms. The van der Waals surface area contributed by atoms with Crippen LogP contribution in [0.4, 0.5) is 0 Å². The smallest absolute Gasteiger partial charge is 0.253 e. The lowest BCUT2D eigenvalue weighted by Crippen LogP contribution is -2.47. The van der Waals surface area contributed by atoms with Gasteiger partial charge in [0.05, 0.1) is 6.26 Å². The normalized spacial score (nSPS) is 20.2. The van der Waals surface area contributed by atoms with Crippen LogP contribution in [0, 0.1) is 5.92 Å². The first-order chi connectivity index (χ1) is 13.2. The molecule has 2 saturated heterocycles. The van der Waals surface area contributed by atoms with E-state index >= 15 is 0 Å². The van der Waals surface area contributed by atoms with Gasteiger partial charge in [-0.15, -0.1) is 0 Å². The molecule has 0 aliphatic carbocycles. The van der Waals surface area contributed by atoms with Crippen LogP contribution in [-0.2, 0) is 21.4 Å². The van der Waals surface area contributed by atoms with E-state index < -0.39 is 10.0 Å². The second-order valence-electron chi connectivity index (χ2n) is 7.61. The molecule has 2 amide bonds. The van der Waals surface area contributed by atoms with Crippen molar-refractivity contribution in [3.63, 3.8) is 0 Å². The molecule has 2 heterocycles. The Balaban J connectivity index is 1.57. The summed E-state index contributed by atoms with van der Waals surface area (Å²) in [6.07, 6.45) is 2.47. The van der Waals surface area contributed by atoms with E-state index in [1.54, 1.807) is 4.90 Å². The van der Waals surface area contributed by atoms with Crippen molar-refractivity contribution in [2.24, 2.45) is 11.7 Å². The summed E-state index contributed by atoms with van der Waals surface area (Å²) < 4.78 is 24.7.